The second-order valence-electron chi connectivity index (χ2n) is 5.90. The molecule has 1 aromatic carbocycles. The quantitative estimate of drug-likeness (QED) is 0.926. The minimum Gasteiger partial charge on any atom is -0.351 e. The van der Waals surface area contributed by atoms with Crippen molar-refractivity contribution in [2.45, 2.75) is 33.2 Å². The first-order valence-electron chi connectivity index (χ1n) is 7.90. The van der Waals surface area contributed by atoms with Gasteiger partial charge in [0.1, 0.15) is 0 Å². The van der Waals surface area contributed by atoms with Crippen LogP contribution in [-0.2, 0) is 11.3 Å². The van der Waals surface area contributed by atoms with Crippen LogP contribution in [0, 0.1) is 12.8 Å². The molecule has 1 atom stereocenters. The van der Waals surface area contributed by atoms with Crippen molar-refractivity contribution < 1.29 is 9.59 Å². The number of rotatable bonds is 4. The summed E-state index contributed by atoms with van der Waals surface area (Å²) in [4.78, 5) is 27.5. The number of aryl methyl sites for hydroxylation is 1. The lowest BCUT2D eigenvalue weighted by Gasteiger charge is -2.34. The third-order valence-corrected chi connectivity index (χ3v) is 4.40. The lowest BCUT2D eigenvalue weighted by molar-refractivity contribution is -0.137. The molecule has 5 nitrogen and oxygen atoms in total. The van der Waals surface area contributed by atoms with Crippen molar-refractivity contribution in [1.82, 2.24) is 9.80 Å². The number of primary amides is 1. The Bertz CT molecular complexity index is 544. The molecule has 1 aromatic rings. The molecule has 0 aliphatic carbocycles. The van der Waals surface area contributed by atoms with Crippen molar-refractivity contribution in [2.75, 3.05) is 19.6 Å². The molecule has 5 heteroatoms. The molecule has 22 heavy (non-hydrogen) atoms. The minimum atomic E-state index is -0.431. The molecule has 3 amide bonds. The standard InChI is InChI=1S/C17H25N3O2/c1-3-19(11-14-8-5-4-7-13(14)2)16(21)15-9-6-10-20(12-15)17(18)22/h4-5,7-8,15H,3,6,9-12H2,1-2H3,(H2,18,22)/t15-/m1/s1. The van der Waals surface area contributed by atoms with Gasteiger partial charge in [0.05, 0.1) is 5.92 Å². The zero-order valence-corrected chi connectivity index (χ0v) is 13.4. The van der Waals surface area contributed by atoms with E-state index in [0.29, 0.717) is 26.2 Å². The van der Waals surface area contributed by atoms with Gasteiger partial charge in [-0.3, -0.25) is 4.79 Å². The Morgan fingerprint density at radius 1 is 1.36 bits per heavy atom. The Hall–Kier alpha value is -2.04. The van der Waals surface area contributed by atoms with Crippen LogP contribution in [0.3, 0.4) is 0 Å². The minimum absolute atomic E-state index is 0.122. The number of carbonyl (C=O) groups excluding carboxylic acids is 2. The van der Waals surface area contributed by atoms with Gasteiger partial charge in [0.15, 0.2) is 0 Å². The Kier molecular flexibility index (Phi) is 5.41. The molecule has 0 unspecified atom stereocenters. The van der Waals surface area contributed by atoms with Crippen LogP contribution >= 0.6 is 0 Å². The Morgan fingerprint density at radius 3 is 2.73 bits per heavy atom. The third-order valence-electron chi connectivity index (χ3n) is 4.40. The number of nitrogens with two attached hydrogens (primary N) is 1. The number of carbonyl (C=O) groups is 2. The number of benzene rings is 1. The predicted octanol–water partition coefficient (Wildman–Crippen LogP) is 2.13. The first kappa shape index (κ1) is 16.3. The van der Waals surface area contributed by atoms with Crippen molar-refractivity contribution in [2.24, 2.45) is 11.7 Å². The van der Waals surface area contributed by atoms with Gasteiger partial charge in [-0.05, 0) is 37.8 Å². The van der Waals surface area contributed by atoms with Crippen LogP contribution in [0.15, 0.2) is 24.3 Å². The summed E-state index contributed by atoms with van der Waals surface area (Å²) in [5.74, 6) is -0.0121. The number of hydrogen-bond acceptors (Lipinski definition) is 2. The summed E-state index contributed by atoms with van der Waals surface area (Å²) in [6, 6.07) is 7.68. The highest BCUT2D eigenvalue weighted by atomic mass is 16.2. The lowest BCUT2D eigenvalue weighted by atomic mass is 9.96. The number of urea groups is 1. The number of amides is 3. The smallest absolute Gasteiger partial charge is 0.314 e. The van der Waals surface area contributed by atoms with Gasteiger partial charge in [-0.25, -0.2) is 4.79 Å². The van der Waals surface area contributed by atoms with E-state index in [2.05, 4.69) is 19.1 Å². The molecule has 1 saturated heterocycles. The van der Waals surface area contributed by atoms with Crippen molar-refractivity contribution in [3.63, 3.8) is 0 Å². The summed E-state index contributed by atoms with van der Waals surface area (Å²) in [7, 11) is 0. The van der Waals surface area contributed by atoms with Gasteiger partial charge < -0.3 is 15.5 Å². The van der Waals surface area contributed by atoms with E-state index >= 15 is 0 Å². The molecule has 0 spiro atoms. The SMILES string of the molecule is CCN(Cc1ccccc1C)C(=O)[C@@H]1CCCN(C(N)=O)C1. The van der Waals surface area contributed by atoms with E-state index in [1.165, 1.54) is 11.1 Å². The molecule has 2 rings (SSSR count). The van der Waals surface area contributed by atoms with Crippen LogP contribution in [0.4, 0.5) is 4.79 Å². The highest BCUT2D eigenvalue weighted by Crippen LogP contribution is 2.20. The van der Waals surface area contributed by atoms with Crippen LogP contribution in [0.2, 0.25) is 0 Å². The van der Waals surface area contributed by atoms with Crippen LogP contribution in [-0.4, -0.2) is 41.4 Å². The lowest BCUT2D eigenvalue weighted by Crippen LogP contribution is -2.48. The zero-order valence-electron chi connectivity index (χ0n) is 13.4. The molecule has 0 saturated carbocycles. The summed E-state index contributed by atoms with van der Waals surface area (Å²) in [5.41, 5.74) is 7.70. The summed E-state index contributed by atoms with van der Waals surface area (Å²) in [6.45, 7) is 6.44. The van der Waals surface area contributed by atoms with Crippen molar-refractivity contribution in [3.05, 3.63) is 35.4 Å². The van der Waals surface area contributed by atoms with E-state index in [4.69, 9.17) is 5.73 Å². The largest absolute Gasteiger partial charge is 0.351 e. The van der Waals surface area contributed by atoms with Crippen molar-refractivity contribution in [3.8, 4) is 0 Å². The van der Waals surface area contributed by atoms with E-state index < -0.39 is 6.03 Å². The highest BCUT2D eigenvalue weighted by molar-refractivity contribution is 5.80. The van der Waals surface area contributed by atoms with Crippen LogP contribution < -0.4 is 5.73 Å². The molecule has 1 fully saturated rings. The highest BCUT2D eigenvalue weighted by Gasteiger charge is 2.30. The fraction of sp³-hybridized carbons (Fsp3) is 0.529. The molecule has 1 heterocycles. The van der Waals surface area contributed by atoms with E-state index in [1.54, 1.807) is 4.90 Å². The molecular weight excluding hydrogens is 278 g/mol. The summed E-state index contributed by atoms with van der Waals surface area (Å²) >= 11 is 0. The average Bonchev–Trinajstić information content (AvgIpc) is 2.53. The molecule has 2 N–H and O–H groups in total. The zero-order chi connectivity index (χ0) is 16.1. The fourth-order valence-corrected chi connectivity index (χ4v) is 2.98. The first-order chi connectivity index (χ1) is 10.5. The molecule has 0 bridgehead atoms. The van der Waals surface area contributed by atoms with Crippen molar-refractivity contribution >= 4 is 11.9 Å². The maximum absolute atomic E-state index is 12.8. The third kappa shape index (κ3) is 3.78. The van der Waals surface area contributed by atoms with Gasteiger partial charge >= 0.3 is 6.03 Å². The van der Waals surface area contributed by atoms with Gasteiger partial charge in [-0.15, -0.1) is 0 Å². The molecule has 1 aliphatic rings. The number of likely N-dealkylation sites (tertiary alicyclic amines) is 1. The maximum atomic E-state index is 12.8. The van der Waals surface area contributed by atoms with Crippen LogP contribution in [0.1, 0.15) is 30.9 Å². The molecule has 0 aromatic heterocycles. The molecule has 120 valence electrons. The summed E-state index contributed by atoms with van der Waals surface area (Å²) < 4.78 is 0. The summed E-state index contributed by atoms with van der Waals surface area (Å²) in [6.07, 6.45) is 1.66. The van der Waals surface area contributed by atoms with Crippen molar-refractivity contribution in [1.29, 1.82) is 0 Å². The predicted molar refractivity (Wildman–Crippen MR) is 86.2 cm³/mol. The van der Waals surface area contributed by atoms with E-state index in [0.717, 1.165) is 12.8 Å². The first-order valence-corrected chi connectivity index (χ1v) is 7.90. The van der Waals surface area contributed by atoms with Gasteiger partial charge in [0.25, 0.3) is 0 Å². The average molecular weight is 303 g/mol. The summed E-state index contributed by atoms with van der Waals surface area (Å²) in [5, 5.41) is 0. The van der Waals surface area contributed by atoms with E-state index in [-0.39, 0.29) is 11.8 Å². The Balaban J connectivity index is 2.05. The van der Waals surface area contributed by atoms with Gasteiger partial charge in [-0.1, -0.05) is 24.3 Å². The van der Waals surface area contributed by atoms with E-state index in [1.807, 2.05) is 24.0 Å². The second kappa shape index (κ2) is 7.29. The monoisotopic (exact) mass is 303 g/mol. The Morgan fingerprint density at radius 2 is 2.09 bits per heavy atom. The van der Waals surface area contributed by atoms with Crippen LogP contribution in [0.25, 0.3) is 0 Å². The normalized spacial score (nSPS) is 18.1. The number of piperidine rings is 1. The molecular formula is C17H25N3O2. The fourth-order valence-electron chi connectivity index (χ4n) is 2.98. The molecule has 0 radical (unpaired) electrons. The van der Waals surface area contributed by atoms with Gasteiger partial charge in [-0.2, -0.15) is 0 Å². The molecule has 1 aliphatic heterocycles. The second-order valence-corrected chi connectivity index (χ2v) is 5.90. The van der Waals surface area contributed by atoms with Crippen LogP contribution in [0.5, 0.6) is 0 Å². The number of hydrogen-bond donors (Lipinski definition) is 1. The topological polar surface area (TPSA) is 66.6 Å². The number of nitrogens with zero attached hydrogens (tertiary/aromatic N) is 2. The van der Waals surface area contributed by atoms with Gasteiger partial charge in [0, 0.05) is 26.2 Å². The Labute approximate surface area is 132 Å². The maximum Gasteiger partial charge on any atom is 0.314 e. The van der Waals surface area contributed by atoms with E-state index in [9.17, 15) is 9.59 Å². The van der Waals surface area contributed by atoms with Gasteiger partial charge in [0.2, 0.25) is 5.91 Å².